The van der Waals surface area contributed by atoms with Crippen LogP contribution in [0.2, 0.25) is 0 Å². The molecule has 1 N–H and O–H groups in total. The molecular weight excluding hydrogens is 353 g/mol. The number of carbonyl (C=O) groups excluding carboxylic acids is 1. The SMILES string of the molecule is O=C(Nc1ccc(F)c(F)c1F)c1ccc(OCc2cscn2)cc1. The van der Waals surface area contributed by atoms with Crippen LogP contribution in [0.5, 0.6) is 5.75 Å². The molecule has 0 atom stereocenters. The van der Waals surface area contributed by atoms with E-state index in [2.05, 4.69) is 10.3 Å². The van der Waals surface area contributed by atoms with E-state index in [1.807, 2.05) is 5.38 Å². The van der Waals surface area contributed by atoms with Gasteiger partial charge in [0, 0.05) is 10.9 Å². The van der Waals surface area contributed by atoms with E-state index in [0.717, 1.165) is 17.8 Å². The highest BCUT2D eigenvalue weighted by atomic mass is 32.1. The zero-order chi connectivity index (χ0) is 17.8. The number of rotatable bonds is 5. The molecule has 0 radical (unpaired) electrons. The summed E-state index contributed by atoms with van der Waals surface area (Å²) in [4.78, 5) is 16.2. The van der Waals surface area contributed by atoms with Gasteiger partial charge in [0.25, 0.3) is 5.91 Å². The lowest BCUT2D eigenvalue weighted by atomic mass is 10.2. The first-order chi connectivity index (χ1) is 12.0. The van der Waals surface area contributed by atoms with E-state index in [9.17, 15) is 18.0 Å². The second-order valence-corrected chi connectivity index (χ2v) is 5.69. The monoisotopic (exact) mass is 364 g/mol. The lowest BCUT2D eigenvalue weighted by Gasteiger charge is -2.08. The average Bonchev–Trinajstić information content (AvgIpc) is 3.14. The average molecular weight is 364 g/mol. The summed E-state index contributed by atoms with van der Waals surface area (Å²) in [6, 6.07) is 7.79. The van der Waals surface area contributed by atoms with Crippen molar-refractivity contribution < 1.29 is 22.7 Å². The van der Waals surface area contributed by atoms with E-state index in [1.165, 1.54) is 23.5 Å². The maximum Gasteiger partial charge on any atom is 0.255 e. The third kappa shape index (κ3) is 3.97. The Morgan fingerprint density at radius 2 is 1.84 bits per heavy atom. The van der Waals surface area contributed by atoms with Crippen molar-refractivity contribution >= 4 is 22.9 Å². The summed E-state index contributed by atoms with van der Waals surface area (Å²) in [6.45, 7) is 0.301. The van der Waals surface area contributed by atoms with E-state index in [1.54, 1.807) is 17.6 Å². The minimum absolute atomic E-state index is 0.213. The number of carbonyl (C=O) groups is 1. The highest BCUT2D eigenvalue weighted by Gasteiger charge is 2.16. The van der Waals surface area contributed by atoms with Gasteiger partial charge in [-0.25, -0.2) is 18.2 Å². The standard InChI is InChI=1S/C17H11F3N2O2S/c18-13-5-6-14(16(20)15(13)19)22-17(23)10-1-3-12(4-2-10)24-7-11-8-25-9-21-11/h1-6,8-9H,7H2,(H,22,23). The lowest BCUT2D eigenvalue weighted by molar-refractivity contribution is 0.102. The molecule has 0 bridgehead atoms. The predicted molar refractivity (Wildman–Crippen MR) is 87.2 cm³/mol. The van der Waals surface area contributed by atoms with Crippen LogP contribution < -0.4 is 10.1 Å². The molecule has 0 aliphatic carbocycles. The fourth-order valence-corrected chi connectivity index (χ4v) is 2.53. The second kappa shape index (κ2) is 7.35. The van der Waals surface area contributed by atoms with E-state index in [0.29, 0.717) is 12.4 Å². The van der Waals surface area contributed by atoms with Gasteiger partial charge in [0.1, 0.15) is 12.4 Å². The van der Waals surface area contributed by atoms with Crippen molar-refractivity contribution in [2.75, 3.05) is 5.32 Å². The number of nitrogens with zero attached hydrogens (tertiary/aromatic N) is 1. The number of anilines is 1. The molecule has 0 unspecified atom stereocenters. The van der Waals surface area contributed by atoms with Crippen LogP contribution in [0, 0.1) is 17.5 Å². The normalized spacial score (nSPS) is 10.5. The summed E-state index contributed by atoms with van der Waals surface area (Å²) in [5, 5.41) is 4.06. The molecular formula is C17H11F3N2O2S. The van der Waals surface area contributed by atoms with Gasteiger partial charge in [-0.05, 0) is 36.4 Å². The van der Waals surface area contributed by atoms with E-state index in [4.69, 9.17) is 4.74 Å². The van der Waals surface area contributed by atoms with Crippen LogP contribution in [-0.4, -0.2) is 10.9 Å². The van der Waals surface area contributed by atoms with E-state index >= 15 is 0 Å². The minimum Gasteiger partial charge on any atom is -0.487 e. The third-order valence-corrected chi connectivity index (χ3v) is 3.91. The largest absolute Gasteiger partial charge is 0.487 e. The maximum atomic E-state index is 13.6. The maximum absolute atomic E-state index is 13.6. The summed E-state index contributed by atoms with van der Waals surface area (Å²) in [7, 11) is 0. The molecule has 0 fully saturated rings. The van der Waals surface area contributed by atoms with Gasteiger partial charge in [-0.15, -0.1) is 11.3 Å². The number of ether oxygens (including phenoxy) is 1. The van der Waals surface area contributed by atoms with Crippen molar-refractivity contribution in [3.63, 3.8) is 0 Å². The summed E-state index contributed by atoms with van der Waals surface area (Å²) in [5.41, 5.74) is 2.27. The van der Waals surface area contributed by atoms with Crippen LogP contribution in [-0.2, 0) is 6.61 Å². The van der Waals surface area contributed by atoms with Gasteiger partial charge in [0.2, 0.25) is 0 Å². The zero-order valence-electron chi connectivity index (χ0n) is 12.6. The Balaban J connectivity index is 1.65. The highest BCUT2D eigenvalue weighted by molar-refractivity contribution is 7.07. The number of aromatic nitrogens is 1. The summed E-state index contributed by atoms with van der Waals surface area (Å²) < 4.78 is 45.2. The minimum atomic E-state index is -1.64. The van der Waals surface area contributed by atoms with E-state index < -0.39 is 29.0 Å². The van der Waals surface area contributed by atoms with Crippen LogP contribution in [0.4, 0.5) is 18.9 Å². The smallest absolute Gasteiger partial charge is 0.255 e. The number of halogens is 3. The van der Waals surface area contributed by atoms with Gasteiger partial charge in [0.05, 0.1) is 16.9 Å². The van der Waals surface area contributed by atoms with Crippen LogP contribution in [0.25, 0.3) is 0 Å². The molecule has 0 aliphatic rings. The molecule has 0 spiro atoms. The number of nitrogens with one attached hydrogen (secondary N) is 1. The molecule has 0 saturated heterocycles. The van der Waals surface area contributed by atoms with Gasteiger partial charge in [0.15, 0.2) is 17.5 Å². The van der Waals surface area contributed by atoms with Gasteiger partial charge in [-0.1, -0.05) is 0 Å². The molecule has 0 aliphatic heterocycles. The first kappa shape index (κ1) is 17.0. The molecule has 1 amide bonds. The Hall–Kier alpha value is -2.87. The summed E-state index contributed by atoms with van der Waals surface area (Å²) >= 11 is 1.46. The molecule has 3 aromatic rings. The number of thiazole rings is 1. The van der Waals surface area contributed by atoms with Gasteiger partial charge in [-0.3, -0.25) is 4.79 Å². The molecule has 1 aromatic heterocycles. The number of benzene rings is 2. The van der Waals surface area contributed by atoms with Crippen molar-refractivity contribution in [1.29, 1.82) is 0 Å². The quantitative estimate of drug-likeness (QED) is 0.683. The summed E-state index contributed by atoms with van der Waals surface area (Å²) in [6.07, 6.45) is 0. The Bertz CT molecular complexity index is 884. The topological polar surface area (TPSA) is 51.2 Å². The van der Waals surface area contributed by atoms with Crippen LogP contribution in [0.1, 0.15) is 16.1 Å². The number of hydrogen-bond donors (Lipinski definition) is 1. The Morgan fingerprint density at radius 1 is 1.08 bits per heavy atom. The van der Waals surface area contributed by atoms with Crippen LogP contribution in [0.15, 0.2) is 47.3 Å². The predicted octanol–water partition coefficient (Wildman–Crippen LogP) is 4.39. The van der Waals surface area contributed by atoms with Crippen molar-refractivity contribution in [2.24, 2.45) is 0 Å². The zero-order valence-corrected chi connectivity index (χ0v) is 13.4. The Morgan fingerprint density at radius 3 is 2.52 bits per heavy atom. The third-order valence-electron chi connectivity index (χ3n) is 3.27. The molecule has 128 valence electrons. The van der Waals surface area contributed by atoms with Crippen molar-refractivity contribution in [3.05, 3.63) is 76.0 Å². The highest BCUT2D eigenvalue weighted by Crippen LogP contribution is 2.21. The second-order valence-electron chi connectivity index (χ2n) is 4.97. The van der Waals surface area contributed by atoms with Crippen molar-refractivity contribution in [3.8, 4) is 5.75 Å². The van der Waals surface area contributed by atoms with Gasteiger partial charge >= 0.3 is 0 Å². The molecule has 1 heterocycles. The summed E-state index contributed by atoms with van der Waals surface area (Å²) in [5.74, 6) is -4.53. The molecule has 25 heavy (non-hydrogen) atoms. The van der Waals surface area contributed by atoms with Crippen molar-refractivity contribution in [2.45, 2.75) is 6.61 Å². The molecule has 0 saturated carbocycles. The molecule has 2 aromatic carbocycles. The lowest BCUT2D eigenvalue weighted by Crippen LogP contribution is -2.13. The van der Waals surface area contributed by atoms with Gasteiger partial charge in [-0.2, -0.15) is 0 Å². The molecule has 8 heteroatoms. The van der Waals surface area contributed by atoms with E-state index in [-0.39, 0.29) is 5.56 Å². The van der Waals surface area contributed by atoms with Crippen molar-refractivity contribution in [1.82, 2.24) is 4.98 Å². The first-order valence-corrected chi connectivity index (χ1v) is 8.03. The molecule has 3 rings (SSSR count). The first-order valence-electron chi connectivity index (χ1n) is 7.09. The number of hydrogen-bond acceptors (Lipinski definition) is 4. The van der Waals surface area contributed by atoms with Crippen LogP contribution >= 0.6 is 11.3 Å². The Kier molecular flexibility index (Phi) is 4.99. The van der Waals surface area contributed by atoms with Crippen LogP contribution in [0.3, 0.4) is 0 Å². The fraction of sp³-hybridized carbons (Fsp3) is 0.0588. The van der Waals surface area contributed by atoms with Gasteiger partial charge < -0.3 is 10.1 Å². The molecule has 4 nitrogen and oxygen atoms in total. The fourth-order valence-electron chi connectivity index (χ4n) is 1.99. The Labute approximate surface area is 144 Å². The number of amides is 1.